The molecular formula is C35H49FN4O7. The highest BCUT2D eigenvalue weighted by Gasteiger charge is 2.37. The Kier molecular flexibility index (Phi) is 12.7. The van der Waals surface area contributed by atoms with Crippen molar-refractivity contribution in [2.45, 2.75) is 64.3 Å². The smallest absolute Gasteiger partial charge is 0.320 e. The predicted molar refractivity (Wildman–Crippen MR) is 174 cm³/mol. The number of benzene rings is 1. The molecule has 1 saturated carbocycles. The molecule has 3 heterocycles. The van der Waals surface area contributed by atoms with Crippen LogP contribution in [0.2, 0.25) is 0 Å². The van der Waals surface area contributed by atoms with Crippen molar-refractivity contribution in [2.75, 3.05) is 77.7 Å². The lowest BCUT2D eigenvalue weighted by atomic mass is 10.0. The minimum atomic E-state index is -1.06. The van der Waals surface area contributed by atoms with Crippen LogP contribution in [0, 0.1) is 11.2 Å². The van der Waals surface area contributed by atoms with Crippen LogP contribution < -0.4 is 10.1 Å². The van der Waals surface area contributed by atoms with E-state index in [9.17, 15) is 14.7 Å². The van der Waals surface area contributed by atoms with Gasteiger partial charge in [-0.2, -0.15) is 0 Å². The third-order valence-electron chi connectivity index (χ3n) is 9.21. The molecule has 2 N–H and O–H groups in total. The van der Waals surface area contributed by atoms with Crippen molar-refractivity contribution in [3.8, 4) is 5.75 Å². The number of fused-ring (bicyclic) bond motifs is 1. The van der Waals surface area contributed by atoms with Gasteiger partial charge in [-0.15, -0.1) is 0 Å². The monoisotopic (exact) mass is 656 g/mol. The molecule has 0 radical (unpaired) electrons. The van der Waals surface area contributed by atoms with Gasteiger partial charge in [-0.3, -0.25) is 4.79 Å². The van der Waals surface area contributed by atoms with Gasteiger partial charge in [0.15, 0.2) is 11.6 Å². The van der Waals surface area contributed by atoms with Gasteiger partial charge >= 0.3 is 12.0 Å². The first kappa shape index (κ1) is 34.8. The highest BCUT2D eigenvalue weighted by Crippen LogP contribution is 2.47. The lowest BCUT2D eigenvalue weighted by molar-refractivity contribution is -0.138. The average molecular weight is 657 g/mol. The number of hydrogen-bond acceptors (Lipinski definition) is 8. The second-order valence-corrected chi connectivity index (χ2v) is 13.0. The summed E-state index contributed by atoms with van der Waals surface area (Å²) >= 11 is 0. The van der Waals surface area contributed by atoms with E-state index in [-0.39, 0.29) is 31.4 Å². The van der Waals surface area contributed by atoms with E-state index < -0.39 is 17.8 Å². The van der Waals surface area contributed by atoms with Crippen LogP contribution in [0.1, 0.15) is 68.3 Å². The second kappa shape index (κ2) is 17.1. The number of carbonyl (C=O) groups is 2. The molecule has 258 valence electrons. The molecule has 1 aliphatic carbocycles. The predicted octanol–water partition coefficient (Wildman–Crippen LogP) is 5.08. The van der Waals surface area contributed by atoms with Crippen LogP contribution in [0.25, 0.3) is 0 Å². The summed E-state index contributed by atoms with van der Waals surface area (Å²) in [5.74, 6) is -0.685. The summed E-state index contributed by atoms with van der Waals surface area (Å²) in [6, 6.07) is 7.50. The highest BCUT2D eigenvalue weighted by atomic mass is 19.1. The van der Waals surface area contributed by atoms with E-state index in [1.807, 2.05) is 6.07 Å². The van der Waals surface area contributed by atoms with Crippen molar-refractivity contribution in [3.63, 3.8) is 0 Å². The standard InChI is InChI=1S/C35H49FN4O7/c1-35(10-11-35)12-17-44-18-19-45-20-21-46-22-23-47-31-9-7-27(24-29(31)36)30(25-32(41)42)40-16-15-39(34(40)43)14-3-5-28-8-6-26-4-2-13-37-33(26)38-28/h6-9,24,30H,2-5,10-23,25H2,1H3,(H,37,38)(H,41,42)/t30-/m0/s1. The van der Waals surface area contributed by atoms with E-state index in [2.05, 4.69) is 18.3 Å². The molecule has 2 aromatic rings. The molecule has 3 aliphatic rings. The number of pyridine rings is 1. The number of rotatable bonds is 21. The van der Waals surface area contributed by atoms with Crippen molar-refractivity contribution in [1.29, 1.82) is 0 Å². The third-order valence-corrected chi connectivity index (χ3v) is 9.21. The van der Waals surface area contributed by atoms with E-state index in [0.717, 1.165) is 56.8 Å². The Bertz CT molecular complexity index is 1340. The SMILES string of the molecule is CC1(CCOCCOCCOCCOc2ccc([C@H](CC(=O)O)N3CCN(CCCc4ccc5c(n4)NCCC5)C3=O)cc2F)CC1. The van der Waals surface area contributed by atoms with E-state index in [0.29, 0.717) is 57.0 Å². The summed E-state index contributed by atoms with van der Waals surface area (Å²) < 4.78 is 37.2. The van der Waals surface area contributed by atoms with Gasteiger partial charge in [0, 0.05) is 38.5 Å². The third kappa shape index (κ3) is 10.5. The van der Waals surface area contributed by atoms with Gasteiger partial charge in [-0.25, -0.2) is 14.2 Å². The number of anilines is 1. The zero-order valence-corrected chi connectivity index (χ0v) is 27.5. The first-order chi connectivity index (χ1) is 22.8. The molecule has 1 aromatic heterocycles. The number of carbonyl (C=O) groups excluding carboxylic acids is 1. The van der Waals surface area contributed by atoms with Crippen molar-refractivity contribution in [3.05, 3.63) is 53.0 Å². The molecule has 1 saturated heterocycles. The Morgan fingerprint density at radius 1 is 1.04 bits per heavy atom. The molecular weight excluding hydrogens is 607 g/mol. The number of aryl methyl sites for hydroxylation is 2. The number of urea groups is 1. The number of aliphatic carboxylic acids is 1. The lowest BCUT2D eigenvalue weighted by Gasteiger charge is -2.27. The first-order valence-electron chi connectivity index (χ1n) is 17.0. The van der Waals surface area contributed by atoms with Crippen LogP contribution in [0.3, 0.4) is 0 Å². The zero-order valence-electron chi connectivity index (χ0n) is 27.5. The van der Waals surface area contributed by atoms with Gasteiger partial charge in [0.25, 0.3) is 0 Å². The van der Waals surface area contributed by atoms with E-state index >= 15 is 4.39 Å². The van der Waals surface area contributed by atoms with Crippen LogP contribution in [-0.4, -0.2) is 104 Å². The fourth-order valence-electron chi connectivity index (χ4n) is 6.01. The molecule has 0 spiro atoms. The van der Waals surface area contributed by atoms with Crippen LogP contribution in [0.5, 0.6) is 5.75 Å². The molecule has 1 aromatic carbocycles. The number of halogens is 1. The van der Waals surface area contributed by atoms with Crippen molar-refractivity contribution in [2.24, 2.45) is 5.41 Å². The largest absolute Gasteiger partial charge is 0.488 e. The Labute approximate surface area is 276 Å². The number of amides is 2. The van der Waals surface area contributed by atoms with Crippen LogP contribution in [-0.2, 0) is 31.8 Å². The second-order valence-electron chi connectivity index (χ2n) is 13.0. The number of aromatic nitrogens is 1. The fourth-order valence-corrected chi connectivity index (χ4v) is 6.01. The zero-order chi connectivity index (χ0) is 33.1. The first-order valence-corrected chi connectivity index (χ1v) is 17.0. The minimum Gasteiger partial charge on any atom is -0.488 e. The maximum atomic E-state index is 15.0. The Balaban J connectivity index is 1.01. The van der Waals surface area contributed by atoms with Crippen LogP contribution >= 0.6 is 0 Å². The number of ether oxygens (including phenoxy) is 4. The summed E-state index contributed by atoms with van der Waals surface area (Å²) in [6.45, 7) is 7.69. The van der Waals surface area contributed by atoms with Gasteiger partial charge in [-0.1, -0.05) is 19.1 Å². The number of hydrogen-bond donors (Lipinski definition) is 2. The van der Waals surface area contributed by atoms with E-state index in [1.165, 1.54) is 35.4 Å². The molecule has 12 heteroatoms. The Morgan fingerprint density at radius 3 is 2.51 bits per heavy atom. The molecule has 11 nitrogen and oxygen atoms in total. The molecule has 0 unspecified atom stereocenters. The summed E-state index contributed by atoms with van der Waals surface area (Å²) in [7, 11) is 0. The van der Waals surface area contributed by atoms with Crippen LogP contribution in [0.15, 0.2) is 30.3 Å². The fraction of sp³-hybridized carbons (Fsp3) is 0.629. The molecule has 1 atom stereocenters. The van der Waals surface area contributed by atoms with Gasteiger partial charge in [0.05, 0.1) is 45.5 Å². The van der Waals surface area contributed by atoms with Gasteiger partial charge in [-0.05, 0) is 79.7 Å². The van der Waals surface area contributed by atoms with E-state index in [1.54, 1.807) is 11.0 Å². The van der Waals surface area contributed by atoms with Gasteiger partial charge in [0.2, 0.25) is 0 Å². The topological polar surface area (TPSA) is 123 Å². The van der Waals surface area contributed by atoms with Crippen LogP contribution in [0.4, 0.5) is 15.0 Å². The summed E-state index contributed by atoms with van der Waals surface area (Å²) in [6.07, 6.45) is 6.99. The molecule has 2 aliphatic heterocycles. The van der Waals surface area contributed by atoms with E-state index in [4.69, 9.17) is 23.9 Å². The molecule has 47 heavy (non-hydrogen) atoms. The Hall–Kier alpha value is -3.48. The minimum absolute atomic E-state index is 0.0419. The van der Waals surface area contributed by atoms with Gasteiger partial charge < -0.3 is 39.2 Å². The number of carboxylic acid groups (broad SMARTS) is 1. The Morgan fingerprint density at radius 2 is 1.79 bits per heavy atom. The van der Waals surface area contributed by atoms with Crippen molar-refractivity contribution >= 4 is 17.8 Å². The lowest BCUT2D eigenvalue weighted by Crippen LogP contribution is -2.36. The maximum Gasteiger partial charge on any atom is 0.320 e. The summed E-state index contributed by atoms with van der Waals surface area (Å²) in [5, 5.41) is 13.0. The maximum absolute atomic E-state index is 15.0. The molecule has 0 bridgehead atoms. The quantitative estimate of drug-likeness (QED) is 0.177. The number of nitrogens with one attached hydrogen (secondary N) is 1. The molecule has 2 amide bonds. The molecule has 2 fully saturated rings. The number of carboxylic acids is 1. The van der Waals surface area contributed by atoms with Crippen molar-refractivity contribution < 1.29 is 38.0 Å². The average Bonchev–Trinajstić information content (AvgIpc) is 3.69. The summed E-state index contributed by atoms with van der Waals surface area (Å²) in [5.41, 5.74) is 3.13. The molecule has 5 rings (SSSR count). The van der Waals surface area contributed by atoms with Crippen molar-refractivity contribution in [1.82, 2.24) is 14.8 Å². The number of nitrogens with zero attached hydrogens (tertiary/aromatic N) is 3. The highest BCUT2D eigenvalue weighted by molar-refractivity contribution is 5.78. The normalized spacial score (nSPS) is 17.4. The van der Waals surface area contributed by atoms with Gasteiger partial charge in [0.1, 0.15) is 12.4 Å². The summed E-state index contributed by atoms with van der Waals surface area (Å²) in [4.78, 5) is 33.1.